The van der Waals surface area contributed by atoms with Gasteiger partial charge in [-0.2, -0.15) is 0 Å². The third kappa shape index (κ3) is 3.40. The number of carbonyl (C=O) groups is 1. The molecule has 110 valence electrons. The normalized spacial score (nSPS) is 22.6. The number of alkyl halides is 2. The van der Waals surface area contributed by atoms with Crippen LogP contribution in [0.2, 0.25) is 10.0 Å². The highest BCUT2D eigenvalue weighted by atomic mass is 35.5. The molecular weight excluding hydrogens is 309 g/mol. The number of nitrogens with one attached hydrogen (secondary N) is 2. The van der Waals surface area contributed by atoms with E-state index in [1.807, 2.05) is 0 Å². The number of benzene rings is 1. The Balaban J connectivity index is 2.03. The fourth-order valence-electron chi connectivity index (χ4n) is 2.15. The number of carbonyl (C=O) groups excluding carboxylic acids is 1. The molecule has 1 saturated heterocycles. The van der Waals surface area contributed by atoms with Crippen molar-refractivity contribution in [2.24, 2.45) is 0 Å². The SMILES string of the molecule is C[C@H](NC(=O)[C@@H]1CC(F)(F)CN1)c1cccc(Cl)c1Cl. The lowest BCUT2D eigenvalue weighted by Gasteiger charge is -2.19. The largest absolute Gasteiger partial charge is 0.348 e. The van der Waals surface area contributed by atoms with Gasteiger partial charge < -0.3 is 5.32 Å². The fraction of sp³-hybridized carbons (Fsp3) is 0.462. The van der Waals surface area contributed by atoms with Gasteiger partial charge in [-0.15, -0.1) is 0 Å². The van der Waals surface area contributed by atoms with Gasteiger partial charge in [0.2, 0.25) is 5.91 Å². The second-order valence-corrected chi connectivity index (χ2v) is 5.65. The Bertz CT molecular complexity index is 525. The van der Waals surface area contributed by atoms with Crippen LogP contribution >= 0.6 is 23.2 Å². The average Bonchev–Trinajstić information content (AvgIpc) is 2.73. The zero-order chi connectivity index (χ0) is 14.9. The molecular formula is C13H14Cl2F2N2O. The van der Waals surface area contributed by atoms with E-state index in [-0.39, 0.29) is 0 Å². The lowest BCUT2D eigenvalue weighted by atomic mass is 10.1. The second-order valence-electron chi connectivity index (χ2n) is 4.87. The van der Waals surface area contributed by atoms with Gasteiger partial charge in [-0.1, -0.05) is 35.3 Å². The van der Waals surface area contributed by atoms with Crippen LogP contribution in [0.3, 0.4) is 0 Å². The van der Waals surface area contributed by atoms with Gasteiger partial charge in [-0.3, -0.25) is 10.1 Å². The van der Waals surface area contributed by atoms with Crippen molar-refractivity contribution in [1.82, 2.24) is 10.6 Å². The summed E-state index contributed by atoms with van der Waals surface area (Å²) in [5.74, 6) is -3.30. The molecule has 7 heteroatoms. The van der Waals surface area contributed by atoms with E-state index in [4.69, 9.17) is 23.2 Å². The van der Waals surface area contributed by atoms with E-state index in [1.54, 1.807) is 25.1 Å². The first kappa shape index (κ1) is 15.5. The van der Waals surface area contributed by atoms with Crippen molar-refractivity contribution in [1.29, 1.82) is 0 Å². The van der Waals surface area contributed by atoms with E-state index in [9.17, 15) is 13.6 Å². The molecule has 2 atom stereocenters. The summed E-state index contributed by atoms with van der Waals surface area (Å²) in [6.07, 6.45) is -0.491. The van der Waals surface area contributed by atoms with Crippen LogP contribution in [0.4, 0.5) is 8.78 Å². The molecule has 2 N–H and O–H groups in total. The van der Waals surface area contributed by atoms with Crippen molar-refractivity contribution in [2.45, 2.75) is 31.4 Å². The zero-order valence-corrected chi connectivity index (χ0v) is 12.2. The van der Waals surface area contributed by atoms with E-state index in [0.29, 0.717) is 15.6 Å². The van der Waals surface area contributed by atoms with Crippen LogP contribution in [0.15, 0.2) is 18.2 Å². The fourth-order valence-corrected chi connectivity index (χ4v) is 2.62. The third-order valence-electron chi connectivity index (χ3n) is 3.23. The molecule has 0 aromatic heterocycles. The Kier molecular flexibility index (Phi) is 4.52. The molecule has 3 nitrogen and oxygen atoms in total. The maximum atomic E-state index is 13.1. The molecule has 0 radical (unpaired) electrons. The van der Waals surface area contributed by atoms with Crippen LogP contribution < -0.4 is 10.6 Å². The van der Waals surface area contributed by atoms with E-state index < -0.39 is 36.9 Å². The van der Waals surface area contributed by atoms with Gasteiger partial charge in [0.05, 0.1) is 28.7 Å². The average molecular weight is 323 g/mol. The van der Waals surface area contributed by atoms with Gasteiger partial charge in [-0.05, 0) is 18.6 Å². The highest BCUT2D eigenvalue weighted by molar-refractivity contribution is 6.42. The lowest BCUT2D eigenvalue weighted by molar-refractivity contribution is -0.124. The molecule has 0 bridgehead atoms. The first-order chi connectivity index (χ1) is 9.30. The number of halogens is 4. The Morgan fingerprint density at radius 1 is 1.50 bits per heavy atom. The molecule has 0 aliphatic carbocycles. The molecule has 0 unspecified atom stereocenters. The van der Waals surface area contributed by atoms with Gasteiger partial charge in [0, 0.05) is 6.42 Å². The van der Waals surface area contributed by atoms with E-state index in [1.165, 1.54) is 0 Å². The molecule has 1 heterocycles. The Morgan fingerprint density at radius 2 is 2.20 bits per heavy atom. The summed E-state index contributed by atoms with van der Waals surface area (Å²) in [6.45, 7) is 1.25. The number of amides is 1. The summed E-state index contributed by atoms with van der Waals surface area (Å²) in [6, 6.07) is 3.79. The molecule has 1 aromatic rings. The van der Waals surface area contributed by atoms with Crippen molar-refractivity contribution in [3.63, 3.8) is 0 Å². The van der Waals surface area contributed by atoms with Crippen LogP contribution in [0, 0.1) is 0 Å². The smallest absolute Gasteiger partial charge is 0.262 e. The monoisotopic (exact) mass is 322 g/mol. The van der Waals surface area contributed by atoms with E-state index in [2.05, 4.69) is 10.6 Å². The topological polar surface area (TPSA) is 41.1 Å². The first-order valence-electron chi connectivity index (χ1n) is 6.16. The number of rotatable bonds is 3. The Morgan fingerprint density at radius 3 is 2.80 bits per heavy atom. The van der Waals surface area contributed by atoms with Crippen molar-refractivity contribution in [3.8, 4) is 0 Å². The minimum atomic E-state index is -2.83. The minimum absolute atomic E-state index is 0.353. The van der Waals surface area contributed by atoms with Crippen molar-refractivity contribution in [3.05, 3.63) is 33.8 Å². The molecule has 1 amide bonds. The van der Waals surface area contributed by atoms with Crippen LogP contribution in [0.5, 0.6) is 0 Å². The van der Waals surface area contributed by atoms with Crippen molar-refractivity contribution >= 4 is 29.1 Å². The summed E-state index contributed by atoms with van der Waals surface area (Å²) >= 11 is 12.0. The molecule has 1 fully saturated rings. The summed E-state index contributed by atoms with van der Waals surface area (Å²) in [5, 5.41) is 5.91. The molecule has 20 heavy (non-hydrogen) atoms. The standard InChI is InChI=1S/C13H14Cl2F2N2O/c1-7(8-3-2-4-9(14)11(8)15)19-12(20)10-5-13(16,17)6-18-10/h2-4,7,10,18H,5-6H2,1H3,(H,19,20)/t7-,10-/m0/s1. The van der Waals surface area contributed by atoms with Crippen molar-refractivity contribution < 1.29 is 13.6 Å². The quantitative estimate of drug-likeness (QED) is 0.897. The molecule has 1 aliphatic heterocycles. The molecule has 1 aromatic carbocycles. The van der Waals surface area contributed by atoms with Crippen LogP contribution in [-0.2, 0) is 4.79 Å². The van der Waals surface area contributed by atoms with Gasteiger partial charge in [-0.25, -0.2) is 8.78 Å². The maximum Gasteiger partial charge on any atom is 0.262 e. The van der Waals surface area contributed by atoms with Crippen molar-refractivity contribution in [2.75, 3.05) is 6.54 Å². The molecule has 2 rings (SSSR count). The summed E-state index contributed by atoms with van der Waals surface area (Å²) in [4.78, 5) is 11.9. The highest BCUT2D eigenvalue weighted by Gasteiger charge is 2.42. The lowest BCUT2D eigenvalue weighted by Crippen LogP contribution is -2.41. The van der Waals surface area contributed by atoms with Crippen LogP contribution in [0.25, 0.3) is 0 Å². The number of hydrogen-bond acceptors (Lipinski definition) is 2. The predicted octanol–water partition coefficient (Wildman–Crippen LogP) is 3.17. The van der Waals surface area contributed by atoms with Crippen LogP contribution in [-0.4, -0.2) is 24.4 Å². The van der Waals surface area contributed by atoms with Gasteiger partial charge in [0.25, 0.3) is 5.92 Å². The van der Waals surface area contributed by atoms with Gasteiger partial charge in [0.1, 0.15) is 0 Å². The number of hydrogen-bond donors (Lipinski definition) is 2. The zero-order valence-electron chi connectivity index (χ0n) is 10.7. The second kappa shape index (κ2) is 5.84. The highest BCUT2D eigenvalue weighted by Crippen LogP contribution is 2.30. The van der Waals surface area contributed by atoms with Gasteiger partial charge >= 0.3 is 0 Å². The minimum Gasteiger partial charge on any atom is -0.348 e. The van der Waals surface area contributed by atoms with E-state index >= 15 is 0 Å². The molecule has 1 aliphatic rings. The van der Waals surface area contributed by atoms with Crippen LogP contribution in [0.1, 0.15) is 24.9 Å². The Hall–Kier alpha value is -0.910. The Labute approximate surface area is 125 Å². The molecule has 0 spiro atoms. The summed E-state index contributed by atoms with van der Waals surface area (Å²) < 4.78 is 26.1. The third-order valence-corrected chi connectivity index (χ3v) is 4.07. The summed E-state index contributed by atoms with van der Waals surface area (Å²) in [5.41, 5.74) is 0.650. The maximum absolute atomic E-state index is 13.1. The predicted molar refractivity (Wildman–Crippen MR) is 74.4 cm³/mol. The summed E-state index contributed by atoms with van der Waals surface area (Å²) in [7, 11) is 0. The first-order valence-corrected chi connectivity index (χ1v) is 6.91. The van der Waals surface area contributed by atoms with E-state index in [0.717, 1.165) is 0 Å². The van der Waals surface area contributed by atoms with Gasteiger partial charge in [0.15, 0.2) is 0 Å². The molecule has 0 saturated carbocycles.